The largest absolute Gasteiger partial charge is 0.340 e. The Balaban J connectivity index is 1.95. The van der Waals surface area contributed by atoms with Crippen molar-refractivity contribution in [1.82, 2.24) is 19.9 Å². The number of thiophene rings is 1. The first-order chi connectivity index (χ1) is 8.34. The van der Waals surface area contributed by atoms with E-state index in [1.54, 1.807) is 6.07 Å². The molecule has 0 aliphatic rings. The highest BCUT2D eigenvalue weighted by atomic mass is 32.1. The Morgan fingerprint density at radius 1 is 1.35 bits per heavy atom. The van der Waals surface area contributed by atoms with Crippen LogP contribution in [0.1, 0.15) is 9.67 Å². The van der Waals surface area contributed by atoms with Crippen LogP contribution >= 0.6 is 11.3 Å². The van der Waals surface area contributed by atoms with Gasteiger partial charge in [0.05, 0.1) is 11.2 Å². The molecule has 0 spiro atoms. The summed E-state index contributed by atoms with van der Waals surface area (Å²) in [4.78, 5) is 27.4. The maximum atomic E-state index is 11.8. The smallest absolute Gasteiger partial charge is 0.266 e. The number of H-pyrrole nitrogens is 1. The number of anilines is 1. The van der Waals surface area contributed by atoms with Crippen LogP contribution in [0.4, 0.5) is 5.82 Å². The van der Waals surface area contributed by atoms with Crippen molar-refractivity contribution in [3.05, 3.63) is 35.0 Å². The zero-order valence-corrected chi connectivity index (χ0v) is 9.36. The number of rotatable bonds is 2. The number of carbonyl (C=O) groups is 1. The minimum Gasteiger partial charge on any atom is -0.340 e. The number of fused-ring (bicyclic) bond motifs is 1. The zero-order chi connectivity index (χ0) is 11.7. The van der Waals surface area contributed by atoms with Gasteiger partial charge in [-0.15, -0.1) is 11.3 Å². The molecule has 0 saturated heterocycles. The second-order valence-corrected chi connectivity index (χ2v) is 4.20. The maximum Gasteiger partial charge on any atom is 0.266 e. The molecule has 17 heavy (non-hydrogen) atoms. The fourth-order valence-corrected chi connectivity index (χ4v) is 2.06. The van der Waals surface area contributed by atoms with Gasteiger partial charge in [0.2, 0.25) is 0 Å². The molecular formula is C10H7N5OS. The molecule has 0 saturated carbocycles. The van der Waals surface area contributed by atoms with Gasteiger partial charge in [-0.2, -0.15) is 0 Å². The molecular weight excluding hydrogens is 238 g/mol. The van der Waals surface area contributed by atoms with Crippen molar-refractivity contribution in [3.63, 3.8) is 0 Å². The lowest BCUT2D eigenvalue weighted by molar-refractivity contribution is 0.103. The third-order valence-electron chi connectivity index (χ3n) is 2.20. The Morgan fingerprint density at radius 2 is 2.29 bits per heavy atom. The molecule has 0 aliphatic heterocycles. The lowest BCUT2D eigenvalue weighted by Gasteiger charge is -2.02. The number of aromatic nitrogens is 4. The van der Waals surface area contributed by atoms with E-state index in [1.807, 2.05) is 11.4 Å². The van der Waals surface area contributed by atoms with Crippen molar-refractivity contribution in [2.24, 2.45) is 0 Å². The van der Waals surface area contributed by atoms with Crippen molar-refractivity contribution < 1.29 is 4.79 Å². The first-order valence-electron chi connectivity index (χ1n) is 4.83. The molecule has 3 heterocycles. The fraction of sp³-hybridized carbons (Fsp3) is 0. The number of amides is 1. The highest BCUT2D eigenvalue weighted by Crippen LogP contribution is 2.16. The van der Waals surface area contributed by atoms with Gasteiger partial charge in [-0.05, 0) is 11.4 Å². The predicted octanol–water partition coefficient (Wildman–Crippen LogP) is 1.67. The summed E-state index contributed by atoms with van der Waals surface area (Å²) >= 11 is 1.38. The van der Waals surface area contributed by atoms with Gasteiger partial charge >= 0.3 is 0 Å². The number of hydrogen-bond acceptors (Lipinski definition) is 5. The highest BCUT2D eigenvalue weighted by molar-refractivity contribution is 7.12. The summed E-state index contributed by atoms with van der Waals surface area (Å²) in [6.07, 6.45) is 2.88. The van der Waals surface area contributed by atoms with Crippen molar-refractivity contribution in [2.75, 3.05) is 5.32 Å². The fourth-order valence-electron chi connectivity index (χ4n) is 1.44. The van der Waals surface area contributed by atoms with Crippen LogP contribution in [-0.2, 0) is 0 Å². The van der Waals surface area contributed by atoms with Crippen LogP contribution in [0, 0.1) is 0 Å². The summed E-state index contributed by atoms with van der Waals surface area (Å²) in [6.45, 7) is 0. The minimum atomic E-state index is -0.186. The molecule has 1 amide bonds. The quantitative estimate of drug-likeness (QED) is 0.719. The van der Waals surface area contributed by atoms with Gasteiger partial charge in [-0.1, -0.05) is 6.07 Å². The third-order valence-corrected chi connectivity index (χ3v) is 3.07. The van der Waals surface area contributed by atoms with Gasteiger partial charge in [-0.3, -0.25) is 4.79 Å². The Morgan fingerprint density at radius 3 is 3.12 bits per heavy atom. The number of nitrogens with one attached hydrogen (secondary N) is 2. The molecule has 0 atom stereocenters. The Labute approximate surface area is 99.8 Å². The lowest BCUT2D eigenvalue weighted by Crippen LogP contribution is -2.11. The van der Waals surface area contributed by atoms with Crippen LogP contribution in [0.3, 0.4) is 0 Å². The Hall–Kier alpha value is -2.28. The standard InChI is InChI=1S/C10H7N5OS/c16-10(6-2-1-3-17-6)15-9-7-8(12-4-11-7)13-5-14-9/h1-5H,(H2,11,12,13,14,15,16). The summed E-state index contributed by atoms with van der Waals surface area (Å²) in [6, 6.07) is 3.58. The van der Waals surface area contributed by atoms with Crippen LogP contribution < -0.4 is 5.32 Å². The van der Waals surface area contributed by atoms with E-state index in [9.17, 15) is 4.79 Å². The topological polar surface area (TPSA) is 83.6 Å². The first-order valence-corrected chi connectivity index (χ1v) is 5.71. The number of nitrogens with zero attached hydrogens (tertiary/aromatic N) is 3. The van der Waals surface area contributed by atoms with Crippen LogP contribution in [0.15, 0.2) is 30.2 Å². The molecule has 7 heteroatoms. The number of carbonyl (C=O) groups excluding carboxylic acids is 1. The molecule has 3 aromatic heterocycles. The summed E-state index contributed by atoms with van der Waals surface area (Å²) < 4.78 is 0. The average Bonchev–Trinajstić information content (AvgIpc) is 3.00. The summed E-state index contributed by atoms with van der Waals surface area (Å²) in [5, 5.41) is 4.57. The molecule has 0 fully saturated rings. The number of aromatic amines is 1. The van der Waals surface area contributed by atoms with Gasteiger partial charge in [0.1, 0.15) is 11.8 Å². The van der Waals surface area contributed by atoms with Gasteiger partial charge < -0.3 is 10.3 Å². The Kier molecular flexibility index (Phi) is 2.30. The monoisotopic (exact) mass is 245 g/mol. The Bertz CT molecular complexity index is 660. The van der Waals surface area contributed by atoms with E-state index in [0.717, 1.165) is 0 Å². The molecule has 6 nitrogen and oxygen atoms in total. The van der Waals surface area contributed by atoms with Crippen LogP contribution in [0.25, 0.3) is 11.2 Å². The summed E-state index contributed by atoms with van der Waals surface area (Å²) in [5.74, 6) is 0.250. The van der Waals surface area contributed by atoms with Crippen molar-refractivity contribution in [2.45, 2.75) is 0 Å². The van der Waals surface area contributed by atoms with Gasteiger partial charge in [0.15, 0.2) is 11.5 Å². The molecule has 84 valence electrons. The molecule has 0 unspecified atom stereocenters. The molecule has 2 N–H and O–H groups in total. The van der Waals surface area contributed by atoms with Gasteiger partial charge in [0.25, 0.3) is 5.91 Å². The normalized spacial score (nSPS) is 10.6. The second-order valence-electron chi connectivity index (χ2n) is 3.25. The van der Waals surface area contributed by atoms with Gasteiger partial charge in [0, 0.05) is 0 Å². The van der Waals surface area contributed by atoms with E-state index < -0.39 is 0 Å². The maximum absolute atomic E-state index is 11.8. The van der Waals surface area contributed by atoms with E-state index in [2.05, 4.69) is 25.3 Å². The minimum absolute atomic E-state index is 0.186. The molecule has 0 aromatic carbocycles. The average molecular weight is 245 g/mol. The first kappa shape index (κ1) is 9.91. The number of imidazole rings is 1. The van der Waals surface area contributed by atoms with Crippen LogP contribution in [-0.4, -0.2) is 25.8 Å². The van der Waals surface area contributed by atoms with E-state index >= 15 is 0 Å². The van der Waals surface area contributed by atoms with Crippen molar-refractivity contribution in [3.8, 4) is 0 Å². The van der Waals surface area contributed by atoms with E-state index in [4.69, 9.17) is 0 Å². The SMILES string of the molecule is O=C(Nc1ncnc2nc[nH]c12)c1cccs1. The molecule has 3 aromatic rings. The molecule has 0 bridgehead atoms. The lowest BCUT2D eigenvalue weighted by atomic mass is 10.4. The summed E-state index contributed by atoms with van der Waals surface area (Å²) in [5.41, 5.74) is 1.15. The van der Waals surface area contributed by atoms with Gasteiger partial charge in [-0.25, -0.2) is 15.0 Å². The third kappa shape index (κ3) is 1.76. The summed E-state index contributed by atoms with van der Waals surface area (Å²) in [7, 11) is 0. The molecule has 3 rings (SSSR count). The van der Waals surface area contributed by atoms with Crippen LogP contribution in [0.5, 0.6) is 0 Å². The van der Waals surface area contributed by atoms with Crippen molar-refractivity contribution >= 4 is 34.2 Å². The second kappa shape index (κ2) is 3.95. The van der Waals surface area contributed by atoms with E-state index in [-0.39, 0.29) is 5.91 Å². The number of hydrogen-bond donors (Lipinski definition) is 2. The predicted molar refractivity (Wildman–Crippen MR) is 64.0 cm³/mol. The zero-order valence-electron chi connectivity index (χ0n) is 8.54. The molecule has 0 radical (unpaired) electrons. The van der Waals surface area contributed by atoms with E-state index in [1.165, 1.54) is 24.0 Å². The highest BCUT2D eigenvalue weighted by Gasteiger charge is 2.11. The van der Waals surface area contributed by atoms with Crippen LogP contribution in [0.2, 0.25) is 0 Å². The van der Waals surface area contributed by atoms with Crippen molar-refractivity contribution in [1.29, 1.82) is 0 Å². The van der Waals surface area contributed by atoms with E-state index in [0.29, 0.717) is 21.9 Å². The molecule has 0 aliphatic carbocycles.